The average Bonchev–Trinajstić information content (AvgIpc) is 3.20. The van der Waals surface area contributed by atoms with Crippen LogP contribution in [0.5, 0.6) is 0 Å². The Morgan fingerprint density at radius 2 is 1.77 bits per heavy atom. The topological polar surface area (TPSA) is 79.4 Å². The number of hydrogen-bond donors (Lipinski definition) is 1. The first-order chi connectivity index (χ1) is 16.4. The number of halogens is 3. The van der Waals surface area contributed by atoms with Gasteiger partial charge in [-0.3, -0.25) is 9.10 Å². The van der Waals surface area contributed by atoms with Gasteiger partial charge in [-0.05, 0) is 67.1 Å². The predicted molar refractivity (Wildman–Crippen MR) is 132 cm³/mol. The van der Waals surface area contributed by atoms with E-state index in [4.69, 9.17) is 0 Å². The van der Waals surface area contributed by atoms with Crippen LogP contribution in [0.4, 0.5) is 24.5 Å². The smallest absolute Gasteiger partial charge is 0.325 e. The lowest BCUT2D eigenvalue weighted by molar-refractivity contribution is -0.137. The van der Waals surface area contributed by atoms with E-state index >= 15 is 0 Å². The maximum Gasteiger partial charge on any atom is 0.416 e. The zero-order chi connectivity index (χ0) is 25.4. The molecule has 1 aromatic heterocycles. The number of nitrogens with one attached hydrogen (secondary N) is 1. The number of hydrogen-bond acceptors (Lipinski definition) is 5. The van der Waals surface area contributed by atoms with Gasteiger partial charge in [0.15, 0.2) is 0 Å². The standard InChI is InChI=1S/C24H20F3N3O3S2/c1-15-6-11-20-21(12-15)34-23(29-20)16-7-9-18(10-8-16)28-22(31)14-30(35(2,32)33)19-5-3-4-17(13-19)24(25,26)27/h3-13H,14H2,1-2H3,(H,28,31). The van der Waals surface area contributed by atoms with E-state index in [-0.39, 0.29) is 5.69 Å². The Kier molecular flexibility index (Phi) is 6.56. The van der Waals surface area contributed by atoms with Crippen LogP contribution in [-0.2, 0) is 21.0 Å². The summed E-state index contributed by atoms with van der Waals surface area (Å²) in [5, 5.41) is 3.40. The van der Waals surface area contributed by atoms with Gasteiger partial charge < -0.3 is 5.32 Å². The van der Waals surface area contributed by atoms with Crippen LogP contribution in [0.3, 0.4) is 0 Å². The molecule has 0 saturated carbocycles. The number of rotatable bonds is 6. The molecule has 6 nitrogen and oxygen atoms in total. The lowest BCUT2D eigenvalue weighted by atomic mass is 10.2. The molecule has 11 heteroatoms. The molecule has 0 aliphatic carbocycles. The molecule has 1 amide bonds. The summed E-state index contributed by atoms with van der Waals surface area (Å²) in [6.07, 6.45) is -3.82. The molecule has 4 rings (SSSR count). The maximum atomic E-state index is 13.1. The second kappa shape index (κ2) is 9.31. The SMILES string of the molecule is Cc1ccc2nc(-c3ccc(NC(=O)CN(c4cccc(C(F)(F)F)c4)S(C)(=O)=O)cc3)sc2c1. The summed E-state index contributed by atoms with van der Waals surface area (Å²) in [5.41, 5.74) is 2.03. The molecule has 0 saturated heterocycles. The number of alkyl halides is 3. The molecule has 0 spiro atoms. The highest BCUT2D eigenvalue weighted by Gasteiger charge is 2.32. The molecule has 0 unspecified atom stereocenters. The number of carbonyl (C=O) groups excluding carboxylic acids is 1. The number of carbonyl (C=O) groups is 1. The van der Waals surface area contributed by atoms with Crippen molar-refractivity contribution in [3.63, 3.8) is 0 Å². The number of benzene rings is 3. The van der Waals surface area contributed by atoms with Crippen LogP contribution in [0.2, 0.25) is 0 Å². The van der Waals surface area contributed by atoms with Crippen molar-refractivity contribution < 1.29 is 26.4 Å². The van der Waals surface area contributed by atoms with Crippen LogP contribution in [0.25, 0.3) is 20.8 Å². The van der Waals surface area contributed by atoms with Crippen molar-refractivity contribution in [2.75, 3.05) is 22.4 Å². The Balaban J connectivity index is 1.50. The third-order valence-corrected chi connectivity index (χ3v) is 7.32. The van der Waals surface area contributed by atoms with Gasteiger partial charge in [-0.1, -0.05) is 12.1 Å². The number of fused-ring (bicyclic) bond motifs is 1. The summed E-state index contributed by atoms with van der Waals surface area (Å²) >= 11 is 1.54. The van der Waals surface area contributed by atoms with Gasteiger partial charge in [-0.2, -0.15) is 13.2 Å². The molecular weight excluding hydrogens is 499 g/mol. The van der Waals surface area contributed by atoms with Gasteiger partial charge in [0.25, 0.3) is 0 Å². The number of amides is 1. The van der Waals surface area contributed by atoms with Crippen molar-refractivity contribution in [2.24, 2.45) is 0 Å². The second-order valence-electron chi connectivity index (χ2n) is 7.93. The third kappa shape index (κ3) is 5.80. The highest BCUT2D eigenvalue weighted by Crippen LogP contribution is 2.33. The lowest BCUT2D eigenvalue weighted by Crippen LogP contribution is -2.37. The van der Waals surface area contributed by atoms with Crippen molar-refractivity contribution in [3.8, 4) is 10.6 Å². The summed E-state index contributed by atoms with van der Waals surface area (Å²) in [7, 11) is -4.03. The molecule has 182 valence electrons. The summed E-state index contributed by atoms with van der Waals surface area (Å²) < 4.78 is 65.3. The summed E-state index contributed by atoms with van der Waals surface area (Å²) in [6, 6.07) is 16.7. The van der Waals surface area contributed by atoms with Gasteiger partial charge in [0.05, 0.1) is 27.7 Å². The van der Waals surface area contributed by atoms with E-state index in [2.05, 4.69) is 16.4 Å². The van der Waals surface area contributed by atoms with E-state index in [1.807, 2.05) is 19.1 Å². The quantitative estimate of drug-likeness (QED) is 0.355. The molecule has 0 aliphatic heterocycles. The van der Waals surface area contributed by atoms with Gasteiger partial charge in [0, 0.05) is 11.3 Å². The lowest BCUT2D eigenvalue weighted by Gasteiger charge is -2.22. The van der Waals surface area contributed by atoms with E-state index in [0.717, 1.165) is 44.7 Å². The molecular formula is C24H20F3N3O3S2. The molecule has 0 aliphatic rings. The first-order valence-electron chi connectivity index (χ1n) is 10.3. The monoisotopic (exact) mass is 519 g/mol. The van der Waals surface area contributed by atoms with E-state index in [9.17, 15) is 26.4 Å². The fraction of sp³-hybridized carbons (Fsp3) is 0.167. The zero-order valence-corrected chi connectivity index (χ0v) is 20.3. The van der Waals surface area contributed by atoms with Gasteiger partial charge in [-0.25, -0.2) is 13.4 Å². The minimum absolute atomic E-state index is 0.251. The molecule has 1 N–H and O–H groups in total. The number of nitrogens with zero attached hydrogens (tertiary/aromatic N) is 2. The second-order valence-corrected chi connectivity index (χ2v) is 10.9. The molecule has 35 heavy (non-hydrogen) atoms. The van der Waals surface area contributed by atoms with Gasteiger partial charge in [0.2, 0.25) is 15.9 Å². The minimum atomic E-state index is -4.65. The molecule has 4 aromatic rings. The predicted octanol–water partition coefficient (Wildman–Crippen LogP) is 5.70. The minimum Gasteiger partial charge on any atom is -0.325 e. The molecule has 1 heterocycles. The summed E-state index contributed by atoms with van der Waals surface area (Å²) in [5.74, 6) is -0.698. The Morgan fingerprint density at radius 1 is 1.06 bits per heavy atom. The summed E-state index contributed by atoms with van der Waals surface area (Å²) in [6.45, 7) is 1.33. The molecule has 0 fully saturated rings. The number of aryl methyl sites for hydroxylation is 1. The molecule has 0 bridgehead atoms. The van der Waals surface area contributed by atoms with E-state index < -0.39 is 34.2 Å². The fourth-order valence-corrected chi connectivity index (χ4v) is 5.34. The Hall–Kier alpha value is -3.44. The van der Waals surface area contributed by atoms with Gasteiger partial charge in [0.1, 0.15) is 11.6 Å². The van der Waals surface area contributed by atoms with Crippen LogP contribution in [0.15, 0.2) is 66.7 Å². The van der Waals surface area contributed by atoms with Crippen molar-refractivity contribution in [3.05, 3.63) is 77.9 Å². The zero-order valence-electron chi connectivity index (χ0n) is 18.6. The van der Waals surface area contributed by atoms with E-state index in [1.54, 1.807) is 35.6 Å². The van der Waals surface area contributed by atoms with Crippen LogP contribution in [0.1, 0.15) is 11.1 Å². The number of aromatic nitrogens is 1. The number of sulfonamides is 1. The normalized spacial score (nSPS) is 12.0. The van der Waals surface area contributed by atoms with Crippen LogP contribution in [-0.4, -0.2) is 32.1 Å². The Bertz CT molecular complexity index is 1500. The highest BCUT2D eigenvalue weighted by atomic mass is 32.2. The third-order valence-electron chi connectivity index (χ3n) is 5.11. The Morgan fingerprint density at radius 3 is 2.43 bits per heavy atom. The average molecular weight is 520 g/mol. The van der Waals surface area contributed by atoms with E-state index in [0.29, 0.717) is 16.1 Å². The van der Waals surface area contributed by atoms with Crippen LogP contribution >= 0.6 is 11.3 Å². The van der Waals surface area contributed by atoms with Gasteiger partial charge in [-0.15, -0.1) is 11.3 Å². The van der Waals surface area contributed by atoms with Gasteiger partial charge >= 0.3 is 6.18 Å². The van der Waals surface area contributed by atoms with Crippen molar-refractivity contribution in [2.45, 2.75) is 13.1 Å². The molecule has 0 radical (unpaired) electrons. The summed E-state index contributed by atoms with van der Waals surface area (Å²) in [4.78, 5) is 17.2. The van der Waals surface area contributed by atoms with Crippen molar-refractivity contribution in [1.82, 2.24) is 4.98 Å². The fourth-order valence-electron chi connectivity index (χ4n) is 3.42. The van der Waals surface area contributed by atoms with Crippen LogP contribution < -0.4 is 9.62 Å². The Labute approximate surface area is 204 Å². The molecule has 3 aromatic carbocycles. The van der Waals surface area contributed by atoms with E-state index in [1.165, 1.54) is 6.07 Å². The largest absolute Gasteiger partial charge is 0.416 e. The first kappa shape index (κ1) is 24.7. The number of thiazole rings is 1. The highest BCUT2D eigenvalue weighted by molar-refractivity contribution is 7.92. The maximum absolute atomic E-state index is 13.1. The number of anilines is 2. The van der Waals surface area contributed by atoms with Crippen LogP contribution in [0, 0.1) is 6.92 Å². The molecule has 0 atom stereocenters. The first-order valence-corrected chi connectivity index (χ1v) is 13.0. The van der Waals surface area contributed by atoms with Crippen molar-refractivity contribution >= 4 is 48.9 Å². The van der Waals surface area contributed by atoms with Crippen molar-refractivity contribution in [1.29, 1.82) is 0 Å².